The van der Waals surface area contributed by atoms with Crippen LogP contribution in [0.4, 0.5) is 8.78 Å². The van der Waals surface area contributed by atoms with Gasteiger partial charge in [-0.3, -0.25) is 0 Å². The third kappa shape index (κ3) is 3.75. The molecule has 0 aliphatic heterocycles. The number of ether oxygens (including phenoxy) is 1. The number of aliphatic hydroxyl groups is 1. The van der Waals surface area contributed by atoms with Crippen LogP contribution in [0, 0.1) is 17.0 Å². The van der Waals surface area contributed by atoms with E-state index in [4.69, 9.17) is 4.74 Å². The van der Waals surface area contributed by atoms with Crippen molar-refractivity contribution in [2.75, 3.05) is 26.8 Å². The molecule has 3 nitrogen and oxygen atoms in total. The highest BCUT2D eigenvalue weighted by Gasteiger charge is 2.41. The van der Waals surface area contributed by atoms with Crippen LogP contribution < -0.4 is 5.32 Å². The molecule has 2 rings (SSSR count). The first kappa shape index (κ1) is 15.4. The molecule has 112 valence electrons. The molecular weight excluding hydrogens is 264 g/mol. The highest BCUT2D eigenvalue weighted by molar-refractivity contribution is 5.22. The third-order valence-electron chi connectivity index (χ3n) is 3.96. The lowest BCUT2D eigenvalue weighted by molar-refractivity contribution is 0.153. The van der Waals surface area contributed by atoms with Gasteiger partial charge in [-0.25, -0.2) is 8.78 Å². The Bertz CT molecular complexity index is 429. The normalized spacial score (nSPS) is 18.0. The molecule has 5 heteroatoms. The second kappa shape index (κ2) is 6.61. The molecule has 1 atom stereocenters. The number of hydrogen-bond acceptors (Lipinski definition) is 3. The summed E-state index contributed by atoms with van der Waals surface area (Å²) in [6, 6.07) is 3.60. The summed E-state index contributed by atoms with van der Waals surface area (Å²) in [6.07, 6.45) is 2.07. The van der Waals surface area contributed by atoms with Gasteiger partial charge in [-0.15, -0.1) is 0 Å². The van der Waals surface area contributed by atoms with Gasteiger partial charge in [0.1, 0.15) is 11.6 Å². The zero-order valence-corrected chi connectivity index (χ0v) is 11.7. The topological polar surface area (TPSA) is 41.5 Å². The summed E-state index contributed by atoms with van der Waals surface area (Å²) >= 11 is 0. The van der Waals surface area contributed by atoms with Crippen molar-refractivity contribution in [2.24, 2.45) is 5.41 Å². The van der Waals surface area contributed by atoms with Crippen LogP contribution in [0.25, 0.3) is 0 Å². The largest absolute Gasteiger partial charge is 0.387 e. The molecule has 0 heterocycles. The summed E-state index contributed by atoms with van der Waals surface area (Å²) in [7, 11) is 1.67. The molecule has 1 aliphatic rings. The molecule has 1 aromatic rings. The fourth-order valence-electron chi connectivity index (χ4n) is 2.42. The number of hydrogen-bond donors (Lipinski definition) is 2. The lowest BCUT2D eigenvalue weighted by atomic mass is 10.0. The number of rotatable bonds is 8. The van der Waals surface area contributed by atoms with Crippen LogP contribution in [0.1, 0.15) is 30.9 Å². The molecule has 1 saturated carbocycles. The van der Waals surface area contributed by atoms with E-state index >= 15 is 0 Å². The van der Waals surface area contributed by atoms with Gasteiger partial charge in [-0.2, -0.15) is 0 Å². The van der Waals surface area contributed by atoms with E-state index < -0.39 is 17.7 Å². The van der Waals surface area contributed by atoms with E-state index in [-0.39, 0.29) is 17.5 Å². The molecule has 1 aromatic carbocycles. The number of benzene rings is 1. The minimum absolute atomic E-state index is 0.145. The predicted octanol–water partition coefficient (Wildman–Crippen LogP) is 2.40. The van der Waals surface area contributed by atoms with E-state index in [1.807, 2.05) is 0 Å². The van der Waals surface area contributed by atoms with E-state index in [0.29, 0.717) is 6.61 Å². The molecule has 0 saturated heterocycles. The summed E-state index contributed by atoms with van der Waals surface area (Å²) in [4.78, 5) is 0. The summed E-state index contributed by atoms with van der Waals surface area (Å²) < 4.78 is 32.1. The van der Waals surface area contributed by atoms with Crippen molar-refractivity contribution in [1.29, 1.82) is 0 Å². The monoisotopic (exact) mass is 285 g/mol. The van der Waals surface area contributed by atoms with Gasteiger partial charge in [-0.1, -0.05) is 6.07 Å². The van der Waals surface area contributed by atoms with E-state index in [0.717, 1.165) is 37.9 Å². The Labute approximate surface area is 117 Å². The van der Waals surface area contributed by atoms with E-state index in [1.165, 1.54) is 6.07 Å². The Kier molecular flexibility index (Phi) is 5.07. The second-order valence-corrected chi connectivity index (χ2v) is 5.52. The first-order valence-electron chi connectivity index (χ1n) is 6.90. The van der Waals surface area contributed by atoms with Crippen LogP contribution in [0.3, 0.4) is 0 Å². The van der Waals surface area contributed by atoms with Crippen LogP contribution in [0.15, 0.2) is 18.2 Å². The Morgan fingerprint density at radius 1 is 1.35 bits per heavy atom. The van der Waals surface area contributed by atoms with Crippen LogP contribution in [-0.4, -0.2) is 31.9 Å². The third-order valence-corrected chi connectivity index (χ3v) is 3.96. The number of nitrogens with one attached hydrogen (secondary N) is 1. The summed E-state index contributed by atoms with van der Waals surface area (Å²) in [6.45, 7) is 1.60. The second-order valence-electron chi connectivity index (χ2n) is 5.52. The van der Waals surface area contributed by atoms with Crippen molar-refractivity contribution >= 4 is 0 Å². The van der Waals surface area contributed by atoms with Crippen molar-refractivity contribution in [3.8, 4) is 0 Å². The van der Waals surface area contributed by atoms with Gasteiger partial charge >= 0.3 is 0 Å². The van der Waals surface area contributed by atoms with Gasteiger partial charge in [0.05, 0.1) is 11.7 Å². The molecule has 20 heavy (non-hydrogen) atoms. The van der Waals surface area contributed by atoms with Crippen LogP contribution >= 0.6 is 0 Å². The summed E-state index contributed by atoms with van der Waals surface area (Å²) in [5, 5.41) is 13.0. The maximum atomic E-state index is 13.5. The smallest absolute Gasteiger partial charge is 0.131 e. The zero-order chi connectivity index (χ0) is 14.6. The average molecular weight is 285 g/mol. The average Bonchev–Trinajstić information content (AvgIpc) is 3.17. The van der Waals surface area contributed by atoms with Gasteiger partial charge in [0.25, 0.3) is 0 Å². The molecule has 2 N–H and O–H groups in total. The highest BCUT2D eigenvalue weighted by Crippen LogP contribution is 2.48. The first-order chi connectivity index (χ1) is 9.58. The van der Waals surface area contributed by atoms with Gasteiger partial charge in [-0.05, 0) is 36.8 Å². The van der Waals surface area contributed by atoms with E-state index in [9.17, 15) is 13.9 Å². The molecule has 0 radical (unpaired) electrons. The van der Waals surface area contributed by atoms with Gasteiger partial charge in [0.15, 0.2) is 0 Å². The van der Waals surface area contributed by atoms with Crippen LogP contribution in [-0.2, 0) is 4.74 Å². The number of halogens is 2. The lowest BCUT2D eigenvalue weighted by Gasteiger charge is -2.18. The minimum atomic E-state index is -1.17. The van der Waals surface area contributed by atoms with E-state index in [2.05, 4.69) is 5.32 Å². The molecule has 1 fully saturated rings. The molecule has 0 bridgehead atoms. The molecule has 0 amide bonds. The molecular formula is C15H21F2NO2. The van der Waals surface area contributed by atoms with Gasteiger partial charge in [0, 0.05) is 26.8 Å². The van der Waals surface area contributed by atoms with Crippen LogP contribution in [0.5, 0.6) is 0 Å². The molecule has 1 aliphatic carbocycles. The molecule has 0 aromatic heterocycles. The lowest BCUT2D eigenvalue weighted by Crippen LogP contribution is -2.29. The van der Waals surface area contributed by atoms with Crippen molar-refractivity contribution in [2.45, 2.75) is 25.4 Å². The maximum absolute atomic E-state index is 13.5. The Balaban J connectivity index is 1.82. The van der Waals surface area contributed by atoms with Crippen LogP contribution in [0.2, 0.25) is 0 Å². The Morgan fingerprint density at radius 2 is 2.00 bits per heavy atom. The van der Waals surface area contributed by atoms with Crippen molar-refractivity contribution in [3.05, 3.63) is 35.4 Å². The molecule has 0 spiro atoms. The minimum Gasteiger partial charge on any atom is -0.387 e. The standard InChI is InChI=1S/C15H21F2NO2/c1-20-8-7-15(5-6-15)10-18-9-13(19)14-11(16)3-2-4-12(14)17/h2-4,13,18-19H,5-10H2,1H3. The van der Waals surface area contributed by atoms with E-state index in [1.54, 1.807) is 7.11 Å². The molecule has 1 unspecified atom stereocenters. The summed E-state index contributed by atoms with van der Waals surface area (Å²) in [5.74, 6) is -1.42. The van der Waals surface area contributed by atoms with Crippen molar-refractivity contribution in [3.63, 3.8) is 0 Å². The highest BCUT2D eigenvalue weighted by atomic mass is 19.1. The first-order valence-corrected chi connectivity index (χ1v) is 6.90. The Morgan fingerprint density at radius 3 is 2.55 bits per heavy atom. The van der Waals surface area contributed by atoms with Crippen molar-refractivity contribution in [1.82, 2.24) is 5.32 Å². The zero-order valence-electron chi connectivity index (χ0n) is 11.7. The fourth-order valence-corrected chi connectivity index (χ4v) is 2.42. The van der Waals surface area contributed by atoms with Gasteiger partial charge in [0.2, 0.25) is 0 Å². The number of aliphatic hydroxyl groups excluding tert-OH is 1. The summed E-state index contributed by atoms with van der Waals surface area (Å²) in [5.41, 5.74) is -0.0227. The maximum Gasteiger partial charge on any atom is 0.131 e. The fraction of sp³-hybridized carbons (Fsp3) is 0.600. The predicted molar refractivity (Wildman–Crippen MR) is 72.3 cm³/mol. The number of methoxy groups -OCH3 is 1. The van der Waals surface area contributed by atoms with Gasteiger partial charge < -0.3 is 15.2 Å². The Hall–Kier alpha value is -1.04. The SMILES string of the molecule is COCCC1(CNCC(O)c2c(F)cccc2F)CC1. The van der Waals surface area contributed by atoms with Crippen molar-refractivity contribution < 1.29 is 18.6 Å². The quantitative estimate of drug-likeness (QED) is 0.770.